The highest BCUT2D eigenvalue weighted by Crippen LogP contribution is 2.19. The number of nitrogens with zero attached hydrogens (tertiary/aromatic N) is 2. The van der Waals surface area contributed by atoms with Gasteiger partial charge in [-0.25, -0.2) is 4.98 Å². The zero-order chi connectivity index (χ0) is 22.5. The van der Waals surface area contributed by atoms with E-state index < -0.39 is 11.8 Å². The quantitative estimate of drug-likeness (QED) is 0.606. The third-order valence-electron chi connectivity index (χ3n) is 4.49. The van der Waals surface area contributed by atoms with Gasteiger partial charge in [-0.2, -0.15) is 0 Å². The monoisotopic (exact) mass is 432 g/mol. The Kier molecular flexibility index (Phi) is 6.72. The SMILES string of the molecule is [B]c1ccc(NC(=O)c2ccc(N(C)C(C)=O)cc2)c(C(=O)Nc2ccc(Cl)cn2)c1. The van der Waals surface area contributed by atoms with Crippen molar-refractivity contribution in [3.8, 4) is 0 Å². The molecule has 3 aromatic rings. The average molecular weight is 433 g/mol. The third-order valence-corrected chi connectivity index (χ3v) is 4.72. The molecule has 0 saturated carbocycles. The molecular formula is C22H18BClN4O3. The number of carbonyl (C=O) groups excluding carboxylic acids is 3. The second-order valence-electron chi connectivity index (χ2n) is 6.70. The van der Waals surface area contributed by atoms with Crippen LogP contribution in [-0.4, -0.2) is 37.6 Å². The summed E-state index contributed by atoms with van der Waals surface area (Å²) in [6.45, 7) is 1.45. The van der Waals surface area contributed by atoms with Gasteiger partial charge in [0.25, 0.3) is 11.8 Å². The van der Waals surface area contributed by atoms with Crippen molar-refractivity contribution in [1.29, 1.82) is 0 Å². The Balaban J connectivity index is 1.80. The molecule has 2 N–H and O–H groups in total. The standard InChI is InChI=1S/C22H18BClN4O3/c1-13(29)28(2)17-7-3-14(4-8-17)21(30)26-19-9-5-15(23)11-18(19)22(31)27-20-10-6-16(24)12-25-20/h3-12H,1-2H3,(H,26,30)(H,25,27,31). The summed E-state index contributed by atoms with van der Waals surface area (Å²) in [7, 11) is 7.48. The normalized spacial score (nSPS) is 10.3. The number of pyridine rings is 1. The van der Waals surface area contributed by atoms with E-state index in [9.17, 15) is 14.4 Å². The maximum atomic E-state index is 12.7. The molecule has 3 rings (SSSR count). The highest BCUT2D eigenvalue weighted by molar-refractivity contribution is 6.33. The number of halogens is 1. The second-order valence-corrected chi connectivity index (χ2v) is 7.14. The first-order valence-electron chi connectivity index (χ1n) is 9.23. The van der Waals surface area contributed by atoms with Crippen molar-refractivity contribution in [1.82, 2.24) is 4.98 Å². The first kappa shape index (κ1) is 22.0. The van der Waals surface area contributed by atoms with E-state index in [0.717, 1.165) is 0 Å². The van der Waals surface area contributed by atoms with Gasteiger partial charge in [-0.05, 0) is 42.5 Å². The van der Waals surface area contributed by atoms with Crippen LogP contribution in [0.25, 0.3) is 0 Å². The van der Waals surface area contributed by atoms with Gasteiger partial charge in [-0.1, -0.05) is 29.2 Å². The van der Waals surface area contributed by atoms with E-state index in [4.69, 9.17) is 19.4 Å². The molecule has 0 aliphatic heterocycles. The lowest BCUT2D eigenvalue weighted by atomic mass is 9.93. The lowest BCUT2D eigenvalue weighted by molar-refractivity contribution is -0.116. The molecule has 0 aliphatic rings. The topological polar surface area (TPSA) is 91.4 Å². The first-order valence-corrected chi connectivity index (χ1v) is 9.60. The molecule has 154 valence electrons. The van der Waals surface area contributed by atoms with Gasteiger partial charge in [0, 0.05) is 31.4 Å². The highest BCUT2D eigenvalue weighted by Gasteiger charge is 2.16. The van der Waals surface area contributed by atoms with E-state index >= 15 is 0 Å². The number of hydrogen-bond acceptors (Lipinski definition) is 4. The van der Waals surface area contributed by atoms with Crippen molar-refractivity contribution >= 4 is 59.8 Å². The summed E-state index contributed by atoms with van der Waals surface area (Å²) in [5, 5.41) is 5.81. The van der Waals surface area contributed by atoms with Crippen LogP contribution >= 0.6 is 11.6 Å². The molecule has 7 nitrogen and oxygen atoms in total. The summed E-state index contributed by atoms with van der Waals surface area (Å²) in [6, 6.07) is 14.3. The molecule has 1 heterocycles. The molecular weight excluding hydrogens is 415 g/mol. The number of carbonyl (C=O) groups is 3. The summed E-state index contributed by atoms with van der Waals surface area (Å²) in [5.74, 6) is -0.722. The summed E-state index contributed by atoms with van der Waals surface area (Å²) in [6.07, 6.45) is 1.41. The van der Waals surface area contributed by atoms with Crippen LogP contribution < -0.4 is 21.0 Å². The Morgan fingerprint density at radius 3 is 2.29 bits per heavy atom. The van der Waals surface area contributed by atoms with E-state index in [1.165, 1.54) is 24.1 Å². The number of amides is 3. The molecule has 1 aromatic heterocycles. The summed E-state index contributed by atoms with van der Waals surface area (Å²) in [4.78, 5) is 42.4. The predicted molar refractivity (Wildman–Crippen MR) is 123 cm³/mol. The van der Waals surface area contributed by atoms with Crippen molar-refractivity contribution in [3.63, 3.8) is 0 Å². The fraction of sp³-hybridized carbons (Fsp3) is 0.0909. The van der Waals surface area contributed by atoms with Crippen molar-refractivity contribution in [3.05, 3.63) is 76.9 Å². The van der Waals surface area contributed by atoms with Crippen molar-refractivity contribution in [2.45, 2.75) is 6.92 Å². The van der Waals surface area contributed by atoms with E-state index in [1.54, 1.807) is 55.6 Å². The molecule has 0 spiro atoms. The fourth-order valence-electron chi connectivity index (χ4n) is 2.70. The van der Waals surface area contributed by atoms with Gasteiger partial charge in [0.05, 0.1) is 16.3 Å². The number of hydrogen-bond donors (Lipinski definition) is 2. The molecule has 0 aliphatic carbocycles. The minimum Gasteiger partial charge on any atom is -0.321 e. The van der Waals surface area contributed by atoms with Crippen LogP contribution in [-0.2, 0) is 4.79 Å². The minimum atomic E-state index is -0.490. The summed E-state index contributed by atoms with van der Waals surface area (Å²) in [5.41, 5.74) is 1.85. The van der Waals surface area contributed by atoms with Crippen LogP contribution in [0.4, 0.5) is 17.2 Å². The van der Waals surface area contributed by atoms with Gasteiger partial charge in [0.15, 0.2) is 0 Å². The van der Waals surface area contributed by atoms with Crippen LogP contribution in [0.2, 0.25) is 5.02 Å². The van der Waals surface area contributed by atoms with Crippen LogP contribution in [0.1, 0.15) is 27.6 Å². The van der Waals surface area contributed by atoms with E-state index in [1.807, 2.05) is 0 Å². The van der Waals surface area contributed by atoms with Gasteiger partial charge in [-0.15, -0.1) is 0 Å². The zero-order valence-corrected chi connectivity index (χ0v) is 17.6. The molecule has 9 heteroatoms. The molecule has 0 unspecified atom stereocenters. The van der Waals surface area contributed by atoms with E-state index in [2.05, 4.69) is 15.6 Å². The highest BCUT2D eigenvalue weighted by atomic mass is 35.5. The Bertz CT molecular complexity index is 1130. The Labute approximate surface area is 185 Å². The maximum Gasteiger partial charge on any atom is 0.258 e. The van der Waals surface area contributed by atoms with Crippen molar-refractivity contribution in [2.24, 2.45) is 0 Å². The van der Waals surface area contributed by atoms with Gasteiger partial charge in [0.1, 0.15) is 13.7 Å². The third kappa shape index (κ3) is 5.49. The number of benzene rings is 2. The van der Waals surface area contributed by atoms with E-state index in [0.29, 0.717) is 27.6 Å². The first-order chi connectivity index (χ1) is 14.7. The molecule has 0 atom stereocenters. The largest absolute Gasteiger partial charge is 0.321 e. The zero-order valence-electron chi connectivity index (χ0n) is 16.8. The van der Waals surface area contributed by atoms with Crippen molar-refractivity contribution < 1.29 is 14.4 Å². The Morgan fingerprint density at radius 1 is 0.968 bits per heavy atom. The van der Waals surface area contributed by atoms with Crippen LogP contribution in [0.3, 0.4) is 0 Å². The van der Waals surface area contributed by atoms with Crippen molar-refractivity contribution in [2.75, 3.05) is 22.6 Å². The number of anilines is 3. The smallest absolute Gasteiger partial charge is 0.258 e. The molecule has 2 aromatic carbocycles. The minimum absolute atomic E-state index is 0.120. The van der Waals surface area contributed by atoms with Gasteiger partial charge in [-0.3, -0.25) is 14.4 Å². The van der Waals surface area contributed by atoms with Crippen LogP contribution in [0, 0.1) is 0 Å². The Hall–Kier alpha value is -3.65. The van der Waals surface area contributed by atoms with E-state index in [-0.39, 0.29) is 17.2 Å². The summed E-state index contributed by atoms with van der Waals surface area (Å²) >= 11 is 5.81. The van der Waals surface area contributed by atoms with Crippen LogP contribution in [0.5, 0.6) is 0 Å². The summed E-state index contributed by atoms with van der Waals surface area (Å²) < 4.78 is 0. The molecule has 2 radical (unpaired) electrons. The molecule has 0 fully saturated rings. The number of nitrogens with one attached hydrogen (secondary N) is 2. The maximum absolute atomic E-state index is 12.7. The molecule has 3 amide bonds. The lowest BCUT2D eigenvalue weighted by Crippen LogP contribution is -2.23. The molecule has 0 bridgehead atoms. The second kappa shape index (κ2) is 9.44. The van der Waals surface area contributed by atoms with Gasteiger partial charge < -0.3 is 15.5 Å². The molecule has 0 saturated heterocycles. The van der Waals surface area contributed by atoms with Gasteiger partial charge >= 0.3 is 0 Å². The number of aromatic nitrogens is 1. The average Bonchev–Trinajstić information content (AvgIpc) is 2.76. The lowest BCUT2D eigenvalue weighted by Gasteiger charge is -2.15. The fourth-order valence-corrected chi connectivity index (χ4v) is 2.82. The van der Waals surface area contributed by atoms with Crippen LogP contribution in [0.15, 0.2) is 60.8 Å². The predicted octanol–water partition coefficient (Wildman–Crippen LogP) is 3.02. The molecule has 31 heavy (non-hydrogen) atoms. The number of rotatable bonds is 5. The Morgan fingerprint density at radius 2 is 1.68 bits per heavy atom. The van der Waals surface area contributed by atoms with Gasteiger partial charge in [0.2, 0.25) is 5.91 Å².